The molecule has 0 amide bonds. The predicted octanol–water partition coefficient (Wildman–Crippen LogP) is 2.63. The molecule has 0 spiro atoms. The minimum atomic E-state index is -0.142. The average molecular weight is 281 g/mol. The van der Waals surface area contributed by atoms with Crippen molar-refractivity contribution in [2.45, 2.75) is 52.1 Å². The van der Waals surface area contributed by atoms with E-state index in [0.29, 0.717) is 12.5 Å². The first kappa shape index (κ1) is 16.7. The van der Waals surface area contributed by atoms with Gasteiger partial charge in [0.2, 0.25) is 0 Å². The van der Waals surface area contributed by atoms with Gasteiger partial charge in [0.1, 0.15) is 0 Å². The zero-order valence-electron chi connectivity index (χ0n) is 13.1. The van der Waals surface area contributed by atoms with Crippen LogP contribution in [0.4, 0.5) is 0 Å². The van der Waals surface area contributed by atoms with Crippen LogP contribution in [0.2, 0.25) is 0 Å². The van der Waals surface area contributed by atoms with E-state index in [9.17, 15) is 4.79 Å². The van der Waals surface area contributed by atoms with Gasteiger partial charge >= 0.3 is 5.97 Å². The molecule has 0 atom stereocenters. The first-order chi connectivity index (χ1) is 9.60. The number of nitrogens with zero attached hydrogens (tertiary/aromatic N) is 3. The lowest BCUT2D eigenvalue weighted by Gasteiger charge is -2.15. The van der Waals surface area contributed by atoms with Crippen LogP contribution in [-0.2, 0) is 16.1 Å². The molecule has 5 nitrogen and oxygen atoms in total. The number of esters is 1. The summed E-state index contributed by atoms with van der Waals surface area (Å²) >= 11 is 0. The largest absolute Gasteiger partial charge is 0.469 e. The molecule has 0 saturated heterocycles. The minimum Gasteiger partial charge on any atom is -0.469 e. The number of hydrogen-bond donors (Lipinski definition) is 0. The second-order valence-corrected chi connectivity index (χ2v) is 5.17. The van der Waals surface area contributed by atoms with Crippen molar-refractivity contribution < 1.29 is 9.53 Å². The van der Waals surface area contributed by atoms with Gasteiger partial charge in [-0.25, -0.2) is 0 Å². The fourth-order valence-electron chi connectivity index (χ4n) is 2.28. The van der Waals surface area contributed by atoms with Gasteiger partial charge in [-0.1, -0.05) is 13.8 Å². The van der Waals surface area contributed by atoms with Gasteiger partial charge in [-0.05, 0) is 38.9 Å². The average Bonchev–Trinajstić information content (AvgIpc) is 2.88. The van der Waals surface area contributed by atoms with Crippen LogP contribution < -0.4 is 0 Å². The lowest BCUT2D eigenvalue weighted by molar-refractivity contribution is -0.140. The van der Waals surface area contributed by atoms with Gasteiger partial charge in [0, 0.05) is 19.2 Å². The molecule has 0 aliphatic heterocycles. The minimum absolute atomic E-state index is 0.142. The molecule has 5 heteroatoms. The summed E-state index contributed by atoms with van der Waals surface area (Å²) in [6, 6.07) is 2.57. The Morgan fingerprint density at radius 1 is 1.45 bits per heavy atom. The highest BCUT2D eigenvalue weighted by Gasteiger charge is 2.09. The summed E-state index contributed by atoms with van der Waals surface area (Å²) in [6.07, 6.45) is 5.56. The van der Waals surface area contributed by atoms with E-state index in [2.05, 4.69) is 45.5 Å². The van der Waals surface area contributed by atoms with Crippen LogP contribution in [0.25, 0.3) is 0 Å². The van der Waals surface area contributed by atoms with Crippen LogP contribution in [0.3, 0.4) is 0 Å². The number of rotatable bonds is 9. The molecule has 20 heavy (non-hydrogen) atoms. The molecule has 0 saturated carbocycles. The Balaban J connectivity index is 2.38. The number of aromatic nitrogens is 2. The SMILES string of the molecule is CCC(CC)n1ccc(CN(C)CCCC(=O)OC)n1. The van der Waals surface area contributed by atoms with Gasteiger partial charge in [0.25, 0.3) is 0 Å². The topological polar surface area (TPSA) is 47.4 Å². The molecule has 0 aliphatic rings. The number of carbonyl (C=O) groups excluding carboxylic acids is 1. The van der Waals surface area contributed by atoms with Crippen molar-refractivity contribution in [3.63, 3.8) is 0 Å². The van der Waals surface area contributed by atoms with E-state index in [0.717, 1.165) is 38.0 Å². The van der Waals surface area contributed by atoms with E-state index in [4.69, 9.17) is 0 Å². The lowest BCUT2D eigenvalue weighted by atomic mass is 10.2. The molecule has 0 unspecified atom stereocenters. The third-order valence-electron chi connectivity index (χ3n) is 3.56. The molecule has 0 bridgehead atoms. The maximum atomic E-state index is 11.0. The molecule has 1 aromatic rings. The van der Waals surface area contributed by atoms with Crippen LogP contribution in [-0.4, -0.2) is 41.4 Å². The highest BCUT2D eigenvalue weighted by molar-refractivity contribution is 5.69. The maximum absolute atomic E-state index is 11.0. The zero-order chi connectivity index (χ0) is 15.0. The van der Waals surface area contributed by atoms with Crippen LogP contribution >= 0.6 is 0 Å². The van der Waals surface area contributed by atoms with Crippen molar-refractivity contribution >= 4 is 5.97 Å². The molecule has 1 aromatic heterocycles. The van der Waals surface area contributed by atoms with Crippen molar-refractivity contribution in [3.05, 3.63) is 18.0 Å². The quantitative estimate of drug-likeness (QED) is 0.653. The molecule has 114 valence electrons. The fraction of sp³-hybridized carbons (Fsp3) is 0.733. The molecule has 0 aromatic carbocycles. The summed E-state index contributed by atoms with van der Waals surface area (Å²) in [4.78, 5) is 13.2. The van der Waals surface area contributed by atoms with E-state index in [1.807, 2.05) is 7.05 Å². The van der Waals surface area contributed by atoms with Crippen LogP contribution in [0.15, 0.2) is 12.3 Å². The molecule has 0 N–H and O–H groups in total. The summed E-state index contributed by atoms with van der Waals surface area (Å²) in [6.45, 7) is 6.06. The molecule has 1 rings (SSSR count). The highest BCUT2D eigenvalue weighted by atomic mass is 16.5. The van der Waals surface area contributed by atoms with Gasteiger partial charge in [-0.3, -0.25) is 9.48 Å². The third-order valence-corrected chi connectivity index (χ3v) is 3.56. The maximum Gasteiger partial charge on any atom is 0.305 e. The number of ether oxygens (including phenoxy) is 1. The molecule has 0 fully saturated rings. The molecule has 0 radical (unpaired) electrons. The van der Waals surface area contributed by atoms with Gasteiger partial charge < -0.3 is 9.64 Å². The van der Waals surface area contributed by atoms with Crippen molar-refractivity contribution in [1.82, 2.24) is 14.7 Å². The third kappa shape index (κ3) is 5.33. The Hall–Kier alpha value is -1.36. The lowest BCUT2D eigenvalue weighted by Crippen LogP contribution is -2.20. The summed E-state index contributed by atoms with van der Waals surface area (Å²) in [5, 5.41) is 4.63. The molecular weight excluding hydrogens is 254 g/mol. The molecular formula is C15H27N3O2. The van der Waals surface area contributed by atoms with E-state index >= 15 is 0 Å². The second-order valence-electron chi connectivity index (χ2n) is 5.17. The number of hydrogen-bond acceptors (Lipinski definition) is 4. The van der Waals surface area contributed by atoms with E-state index in [-0.39, 0.29) is 5.97 Å². The Morgan fingerprint density at radius 3 is 2.75 bits per heavy atom. The number of carbonyl (C=O) groups is 1. The Morgan fingerprint density at radius 2 is 2.15 bits per heavy atom. The smallest absolute Gasteiger partial charge is 0.305 e. The van der Waals surface area contributed by atoms with Gasteiger partial charge in [-0.15, -0.1) is 0 Å². The Labute approximate surface area is 121 Å². The van der Waals surface area contributed by atoms with Crippen molar-refractivity contribution in [2.24, 2.45) is 0 Å². The highest BCUT2D eigenvalue weighted by Crippen LogP contribution is 2.15. The van der Waals surface area contributed by atoms with E-state index in [1.54, 1.807) is 0 Å². The van der Waals surface area contributed by atoms with E-state index in [1.165, 1.54) is 7.11 Å². The first-order valence-electron chi connectivity index (χ1n) is 7.40. The van der Waals surface area contributed by atoms with Gasteiger partial charge in [0.05, 0.1) is 18.8 Å². The normalized spacial score (nSPS) is 11.3. The zero-order valence-corrected chi connectivity index (χ0v) is 13.1. The summed E-state index contributed by atoms with van der Waals surface area (Å²) in [5.74, 6) is -0.142. The van der Waals surface area contributed by atoms with Crippen LogP contribution in [0, 0.1) is 0 Å². The van der Waals surface area contributed by atoms with Crippen molar-refractivity contribution in [2.75, 3.05) is 20.7 Å². The summed E-state index contributed by atoms with van der Waals surface area (Å²) in [7, 11) is 3.48. The molecule has 0 aliphatic carbocycles. The van der Waals surface area contributed by atoms with Gasteiger partial charge in [-0.2, -0.15) is 5.10 Å². The Bertz CT molecular complexity index is 400. The Kier molecular flexibility index (Phi) is 7.30. The van der Waals surface area contributed by atoms with E-state index < -0.39 is 0 Å². The predicted molar refractivity (Wildman–Crippen MR) is 79.4 cm³/mol. The summed E-state index contributed by atoms with van der Waals surface area (Å²) < 4.78 is 6.70. The first-order valence-corrected chi connectivity index (χ1v) is 7.40. The molecule has 1 heterocycles. The van der Waals surface area contributed by atoms with Crippen molar-refractivity contribution in [1.29, 1.82) is 0 Å². The summed E-state index contributed by atoms with van der Waals surface area (Å²) in [5.41, 5.74) is 1.08. The van der Waals surface area contributed by atoms with Crippen molar-refractivity contribution in [3.8, 4) is 0 Å². The van der Waals surface area contributed by atoms with Gasteiger partial charge in [0.15, 0.2) is 0 Å². The van der Waals surface area contributed by atoms with Crippen LogP contribution in [0.1, 0.15) is 51.3 Å². The number of methoxy groups -OCH3 is 1. The van der Waals surface area contributed by atoms with Crippen LogP contribution in [0.5, 0.6) is 0 Å². The fourth-order valence-corrected chi connectivity index (χ4v) is 2.28. The monoisotopic (exact) mass is 281 g/mol. The second kappa shape index (κ2) is 8.74. The standard InChI is InChI=1S/C15H27N3O2/c1-5-14(6-2)18-11-9-13(16-18)12-17(3)10-7-8-15(19)20-4/h9,11,14H,5-8,10,12H2,1-4H3.